The third-order valence-electron chi connectivity index (χ3n) is 3.80. The zero-order valence-corrected chi connectivity index (χ0v) is 13.2. The van der Waals surface area contributed by atoms with E-state index in [1.807, 2.05) is 0 Å². The summed E-state index contributed by atoms with van der Waals surface area (Å²) >= 11 is 0. The maximum atomic E-state index is 12.3. The van der Waals surface area contributed by atoms with Gasteiger partial charge in [0.2, 0.25) is 0 Å². The standard InChI is InChI=1S/C14H23N3O5/c1-13(2,3)22-12(20)15-8-14(9-4-6-21-7-5-9)10(18)16-11(19)17-14/h9H,4-8H2,1-3H3,(H,15,20)(H2,16,17,18,19)/t14-/m0/s1. The first-order valence-corrected chi connectivity index (χ1v) is 7.41. The Morgan fingerprint density at radius 2 is 2.00 bits per heavy atom. The Hall–Kier alpha value is -1.83. The number of urea groups is 1. The van der Waals surface area contributed by atoms with E-state index in [0.29, 0.717) is 26.1 Å². The van der Waals surface area contributed by atoms with Gasteiger partial charge in [0.1, 0.15) is 11.1 Å². The summed E-state index contributed by atoms with van der Waals surface area (Å²) in [6, 6.07) is -0.539. The van der Waals surface area contributed by atoms with Crippen molar-refractivity contribution in [3.8, 4) is 0 Å². The van der Waals surface area contributed by atoms with Crippen LogP contribution in [0.1, 0.15) is 33.6 Å². The van der Waals surface area contributed by atoms with Crippen LogP contribution in [0.5, 0.6) is 0 Å². The van der Waals surface area contributed by atoms with Crippen LogP contribution in [0.4, 0.5) is 9.59 Å². The molecule has 124 valence electrons. The Labute approximate surface area is 129 Å². The number of carbonyl (C=O) groups is 3. The maximum Gasteiger partial charge on any atom is 0.407 e. The number of hydrogen-bond acceptors (Lipinski definition) is 5. The van der Waals surface area contributed by atoms with Crippen molar-refractivity contribution in [3.05, 3.63) is 0 Å². The molecule has 0 bridgehead atoms. The van der Waals surface area contributed by atoms with Gasteiger partial charge >= 0.3 is 12.1 Å². The molecule has 1 atom stereocenters. The molecule has 2 heterocycles. The van der Waals surface area contributed by atoms with Gasteiger partial charge in [-0.3, -0.25) is 10.1 Å². The van der Waals surface area contributed by atoms with E-state index in [1.165, 1.54) is 0 Å². The highest BCUT2D eigenvalue weighted by atomic mass is 16.6. The molecular formula is C14H23N3O5. The van der Waals surface area contributed by atoms with E-state index >= 15 is 0 Å². The molecule has 3 N–H and O–H groups in total. The summed E-state index contributed by atoms with van der Waals surface area (Å²) in [6.45, 7) is 6.31. The van der Waals surface area contributed by atoms with E-state index in [2.05, 4.69) is 16.0 Å². The lowest BCUT2D eigenvalue weighted by Gasteiger charge is -2.37. The van der Waals surface area contributed by atoms with E-state index < -0.39 is 29.2 Å². The van der Waals surface area contributed by atoms with Crippen LogP contribution in [0, 0.1) is 5.92 Å². The number of nitrogens with one attached hydrogen (secondary N) is 3. The van der Waals surface area contributed by atoms with Crippen molar-refractivity contribution in [1.29, 1.82) is 0 Å². The molecule has 0 aliphatic carbocycles. The van der Waals surface area contributed by atoms with Crippen molar-refractivity contribution >= 4 is 18.0 Å². The molecule has 0 spiro atoms. The zero-order chi connectivity index (χ0) is 16.4. The molecule has 2 aliphatic heterocycles. The van der Waals surface area contributed by atoms with Gasteiger partial charge in [-0.1, -0.05) is 0 Å². The lowest BCUT2D eigenvalue weighted by atomic mass is 9.78. The zero-order valence-electron chi connectivity index (χ0n) is 13.2. The number of hydrogen-bond donors (Lipinski definition) is 3. The molecule has 2 fully saturated rings. The van der Waals surface area contributed by atoms with Crippen LogP contribution < -0.4 is 16.0 Å². The van der Waals surface area contributed by atoms with Crippen LogP contribution in [-0.2, 0) is 14.3 Å². The van der Waals surface area contributed by atoms with E-state index in [0.717, 1.165) is 0 Å². The van der Waals surface area contributed by atoms with Crippen molar-refractivity contribution in [1.82, 2.24) is 16.0 Å². The quantitative estimate of drug-likeness (QED) is 0.659. The smallest absolute Gasteiger partial charge is 0.407 e. The molecular weight excluding hydrogens is 290 g/mol. The summed E-state index contributed by atoms with van der Waals surface area (Å²) in [4.78, 5) is 35.7. The van der Waals surface area contributed by atoms with Gasteiger partial charge in [-0.25, -0.2) is 9.59 Å². The van der Waals surface area contributed by atoms with Gasteiger partial charge in [0.25, 0.3) is 5.91 Å². The summed E-state index contributed by atoms with van der Waals surface area (Å²) in [6.07, 6.45) is 0.667. The highest BCUT2D eigenvalue weighted by molar-refractivity contribution is 6.07. The molecule has 2 saturated heterocycles. The first-order valence-electron chi connectivity index (χ1n) is 7.41. The summed E-state index contributed by atoms with van der Waals surface area (Å²) in [5.41, 5.74) is -1.77. The monoisotopic (exact) mass is 313 g/mol. The minimum Gasteiger partial charge on any atom is -0.444 e. The van der Waals surface area contributed by atoms with Crippen molar-refractivity contribution < 1.29 is 23.9 Å². The fourth-order valence-electron chi connectivity index (χ4n) is 2.78. The number of rotatable bonds is 3. The van der Waals surface area contributed by atoms with Gasteiger partial charge in [-0.2, -0.15) is 0 Å². The van der Waals surface area contributed by atoms with Crippen molar-refractivity contribution in [2.75, 3.05) is 19.8 Å². The van der Waals surface area contributed by atoms with Gasteiger partial charge in [0, 0.05) is 13.2 Å². The van der Waals surface area contributed by atoms with Crippen LogP contribution in [0.15, 0.2) is 0 Å². The molecule has 0 unspecified atom stereocenters. The minimum atomic E-state index is -1.14. The molecule has 0 aromatic rings. The molecule has 0 aromatic carbocycles. The van der Waals surface area contributed by atoms with Gasteiger partial charge in [0.15, 0.2) is 0 Å². The first kappa shape index (κ1) is 16.5. The number of carbonyl (C=O) groups excluding carboxylic acids is 3. The average molecular weight is 313 g/mol. The second-order valence-electron chi connectivity index (χ2n) is 6.62. The Bertz CT molecular complexity index is 468. The fraction of sp³-hybridized carbons (Fsp3) is 0.786. The van der Waals surface area contributed by atoms with Crippen molar-refractivity contribution in [2.45, 2.75) is 44.8 Å². The number of alkyl carbamates (subject to hydrolysis) is 1. The Morgan fingerprint density at radius 1 is 1.36 bits per heavy atom. The molecule has 2 rings (SSSR count). The fourth-order valence-corrected chi connectivity index (χ4v) is 2.78. The van der Waals surface area contributed by atoms with Gasteiger partial charge in [-0.05, 0) is 39.5 Å². The van der Waals surface area contributed by atoms with E-state index in [-0.39, 0.29) is 12.5 Å². The molecule has 0 saturated carbocycles. The molecule has 22 heavy (non-hydrogen) atoms. The first-order chi connectivity index (χ1) is 10.2. The summed E-state index contributed by atoms with van der Waals surface area (Å²) < 4.78 is 10.5. The van der Waals surface area contributed by atoms with Gasteiger partial charge < -0.3 is 20.1 Å². The normalized spacial score (nSPS) is 26.3. The van der Waals surface area contributed by atoms with Crippen LogP contribution in [0.3, 0.4) is 0 Å². The van der Waals surface area contributed by atoms with Crippen LogP contribution in [-0.4, -0.2) is 48.9 Å². The topological polar surface area (TPSA) is 106 Å². The maximum absolute atomic E-state index is 12.3. The largest absolute Gasteiger partial charge is 0.444 e. The molecule has 0 radical (unpaired) electrons. The Balaban J connectivity index is 2.07. The van der Waals surface area contributed by atoms with Crippen LogP contribution in [0.2, 0.25) is 0 Å². The summed E-state index contributed by atoms with van der Waals surface area (Å²) in [7, 11) is 0. The number of imide groups is 1. The molecule has 4 amide bonds. The second kappa shape index (κ2) is 6.12. The summed E-state index contributed by atoms with van der Waals surface area (Å²) in [5, 5.41) is 7.53. The minimum absolute atomic E-state index is 0.00977. The number of ether oxygens (including phenoxy) is 2. The lowest BCUT2D eigenvalue weighted by Crippen LogP contribution is -2.61. The molecule has 8 nitrogen and oxygen atoms in total. The third-order valence-corrected chi connectivity index (χ3v) is 3.80. The average Bonchev–Trinajstić information content (AvgIpc) is 2.71. The lowest BCUT2D eigenvalue weighted by molar-refractivity contribution is -0.127. The Kier molecular flexibility index (Phi) is 4.60. The van der Waals surface area contributed by atoms with E-state index in [9.17, 15) is 14.4 Å². The van der Waals surface area contributed by atoms with Crippen LogP contribution in [0.25, 0.3) is 0 Å². The molecule has 8 heteroatoms. The molecule has 2 aliphatic rings. The van der Waals surface area contributed by atoms with Crippen LogP contribution >= 0.6 is 0 Å². The SMILES string of the molecule is CC(C)(C)OC(=O)NC[C@@]1(C2CCOCC2)NC(=O)NC1=O. The van der Waals surface area contributed by atoms with Crippen molar-refractivity contribution in [2.24, 2.45) is 5.92 Å². The second-order valence-corrected chi connectivity index (χ2v) is 6.62. The highest BCUT2D eigenvalue weighted by Crippen LogP contribution is 2.30. The van der Waals surface area contributed by atoms with Gasteiger partial charge in [0.05, 0.1) is 6.54 Å². The van der Waals surface area contributed by atoms with E-state index in [4.69, 9.17) is 9.47 Å². The third kappa shape index (κ3) is 3.68. The predicted octanol–water partition coefficient (Wildman–Crippen LogP) is 0.516. The van der Waals surface area contributed by atoms with Crippen molar-refractivity contribution in [3.63, 3.8) is 0 Å². The molecule has 0 aromatic heterocycles. The Morgan fingerprint density at radius 3 is 2.50 bits per heavy atom. The summed E-state index contributed by atoms with van der Waals surface area (Å²) in [5.74, 6) is -0.511. The van der Waals surface area contributed by atoms with E-state index in [1.54, 1.807) is 20.8 Å². The predicted molar refractivity (Wildman–Crippen MR) is 77.2 cm³/mol. The highest BCUT2D eigenvalue weighted by Gasteiger charge is 2.52. The van der Waals surface area contributed by atoms with Gasteiger partial charge in [-0.15, -0.1) is 0 Å². The number of amides is 4.